The fourth-order valence-electron chi connectivity index (χ4n) is 7.77. The van der Waals surface area contributed by atoms with Crippen LogP contribution in [-0.4, -0.2) is 81.2 Å². The van der Waals surface area contributed by atoms with Crippen LogP contribution < -0.4 is 4.74 Å². The summed E-state index contributed by atoms with van der Waals surface area (Å²) in [6, 6.07) is 9.44. The van der Waals surface area contributed by atoms with Crippen LogP contribution in [0.3, 0.4) is 0 Å². The van der Waals surface area contributed by atoms with E-state index < -0.39 is 69.8 Å². The Morgan fingerprint density at radius 1 is 1.16 bits per heavy atom. The summed E-state index contributed by atoms with van der Waals surface area (Å²) < 4.78 is 26.8. The first-order valence-electron chi connectivity index (χ1n) is 15.1. The van der Waals surface area contributed by atoms with Crippen molar-refractivity contribution in [2.24, 2.45) is 17.8 Å². The number of carbonyl (C=O) groups excluding carboxylic acids is 4. The first-order valence-corrected chi connectivity index (χ1v) is 15.1. The van der Waals surface area contributed by atoms with E-state index in [4.69, 9.17) is 9.26 Å². The molecule has 2 aromatic carbocycles. The van der Waals surface area contributed by atoms with Crippen LogP contribution in [0, 0.1) is 23.6 Å². The SMILES string of the molecule is CN(C)C1c2onc(OCc3ccccc3)c2C(=O)C2(O)C(=O)C3C(=O)c4c(cc(F)c(C(=O)N5CCCC5)c4O)CC3CC12. The van der Waals surface area contributed by atoms with Crippen LogP contribution in [0.4, 0.5) is 4.39 Å². The maximum Gasteiger partial charge on any atom is 0.265 e. The number of Topliss-reactive ketones (excluding diaryl/α,β-unsaturated/α-hetero) is 3. The third-order valence-corrected chi connectivity index (χ3v) is 9.86. The van der Waals surface area contributed by atoms with Gasteiger partial charge in [0.25, 0.3) is 11.8 Å². The van der Waals surface area contributed by atoms with Crippen molar-refractivity contribution in [2.45, 2.75) is 43.9 Å². The number of halogens is 1. The smallest absolute Gasteiger partial charge is 0.265 e. The van der Waals surface area contributed by atoms with Gasteiger partial charge in [-0.2, -0.15) is 0 Å². The zero-order chi connectivity index (χ0) is 31.8. The van der Waals surface area contributed by atoms with E-state index in [0.717, 1.165) is 24.5 Å². The largest absolute Gasteiger partial charge is 0.506 e. The molecule has 3 aromatic rings. The normalized spacial score (nSPS) is 27.2. The Morgan fingerprint density at radius 3 is 2.56 bits per heavy atom. The minimum Gasteiger partial charge on any atom is -0.506 e. The molecule has 5 unspecified atom stereocenters. The second kappa shape index (κ2) is 10.6. The van der Waals surface area contributed by atoms with Gasteiger partial charge >= 0.3 is 0 Å². The average Bonchev–Trinajstić information content (AvgIpc) is 3.69. The van der Waals surface area contributed by atoms with Crippen molar-refractivity contribution >= 4 is 23.3 Å². The highest BCUT2D eigenvalue weighted by molar-refractivity contribution is 6.27. The molecule has 5 atom stereocenters. The van der Waals surface area contributed by atoms with Gasteiger partial charge in [-0.1, -0.05) is 30.3 Å². The third-order valence-electron chi connectivity index (χ3n) is 9.86. The summed E-state index contributed by atoms with van der Waals surface area (Å²) in [5.41, 5.74) is -2.76. The predicted molar refractivity (Wildman–Crippen MR) is 154 cm³/mol. The number of aliphatic hydroxyl groups is 1. The molecule has 2 heterocycles. The van der Waals surface area contributed by atoms with Crippen LogP contribution in [0.1, 0.15) is 73.3 Å². The predicted octanol–water partition coefficient (Wildman–Crippen LogP) is 3.12. The Kier molecular flexibility index (Phi) is 6.90. The van der Waals surface area contributed by atoms with Gasteiger partial charge in [-0.15, -0.1) is 0 Å². The zero-order valence-corrected chi connectivity index (χ0v) is 24.8. The van der Waals surface area contributed by atoms with Crippen molar-refractivity contribution in [3.8, 4) is 11.6 Å². The number of hydrogen-bond donors (Lipinski definition) is 2. The standard InChI is InChI=1S/C33H32FN3O8/c1-36(2)25-19-13-17-12-18-14-20(34)23(32(42)37-10-6-7-11-37)27(39)21(18)26(38)22(17)29(40)33(19,43)30(41)24-28(25)45-35-31(24)44-15-16-8-4-3-5-9-16/h3-5,8-9,14,17,19,22,25,39,43H,6-7,10-13,15H2,1-2H3. The maximum absolute atomic E-state index is 15.3. The Bertz CT molecular complexity index is 1750. The summed E-state index contributed by atoms with van der Waals surface area (Å²) in [4.78, 5) is 58.7. The number of benzene rings is 2. The molecule has 4 aliphatic rings. The monoisotopic (exact) mass is 617 g/mol. The van der Waals surface area contributed by atoms with E-state index >= 15 is 4.39 Å². The van der Waals surface area contributed by atoms with E-state index in [9.17, 15) is 29.4 Å². The van der Waals surface area contributed by atoms with E-state index in [1.807, 2.05) is 30.3 Å². The first-order chi connectivity index (χ1) is 21.5. The molecule has 1 saturated heterocycles. The molecular weight excluding hydrogens is 585 g/mol. The lowest BCUT2D eigenvalue weighted by atomic mass is 9.54. The Morgan fingerprint density at radius 2 is 1.87 bits per heavy atom. The first kappa shape index (κ1) is 29.3. The molecular formula is C33H32FN3O8. The molecule has 0 bridgehead atoms. The van der Waals surface area contributed by atoms with E-state index in [1.54, 1.807) is 19.0 Å². The average molecular weight is 618 g/mol. The van der Waals surface area contributed by atoms with Crippen molar-refractivity contribution in [3.63, 3.8) is 0 Å². The number of phenolic OH excluding ortho intramolecular Hbond substituents is 1. The molecule has 7 rings (SSSR count). The lowest BCUT2D eigenvalue weighted by molar-refractivity contribution is -0.153. The Labute approximate surface area is 257 Å². The van der Waals surface area contributed by atoms with Gasteiger partial charge in [-0.05, 0) is 68.0 Å². The molecule has 0 radical (unpaired) electrons. The molecule has 11 nitrogen and oxygen atoms in total. The molecule has 234 valence electrons. The van der Waals surface area contributed by atoms with Gasteiger partial charge in [-0.3, -0.25) is 24.1 Å². The van der Waals surface area contributed by atoms with Crippen LogP contribution in [-0.2, 0) is 17.8 Å². The summed E-state index contributed by atoms with van der Waals surface area (Å²) in [6.07, 6.45) is 1.55. The fourth-order valence-corrected chi connectivity index (χ4v) is 7.77. The van der Waals surface area contributed by atoms with E-state index in [-0.39, 0.29) is 47.8 Å². The highest BCUT2D eigenvalue weighted by atomic mass is 19.1. The molecule has 1 aliphatic heterocycles. The van der Waals surface area contributed by atoms with Gasteiger partial charge in [-0.25, -0.2) is 4.39 Å². The number of phenols is 1. The maximum atomic E-state index is 15.3. The number of aromatic nitrogens is 1. The lowest BCUT2D eigenvalue weighted by Crippen LogP contribution is -2.66. The van der Waals surface area contributed by atoms with Crippen LogP contribution in [0.15, 0.2) is 40.9 Å². The topological polar surface area (TPSA) is 150 Å². The number of ether oxygens (including phenoxy) is 1. The van der Waals surface area contributed by atoms with Gasteiger partial charge in [0.2, 0.25) is 5.78 Å². The van der Waals surface area contributed by atoms with Gasteiger partial charge in [0.1, 0.15) is 29.3 Å². The number of amides is 1. The summed E-state index contributed by atoms with van der Waals surface area (Å²) in [5, 5.41) is 27.3. The number of carbonyl (C=O) groups is 4. The van der Waals surface area contributed by atoms with Gasteiger partial charge in [0.15, 0.2) is 22.9 Å². The quantitative estimate of drug-likeness (QED) is 0.409. The van der Waals surface area contributed by atoms with Crippen LogP contribution in [0.5, 0.6) is 11.6 Å². The number of likely N-dealkylation sites (tertiary alicyclic amines) is 1. The van der Waals surface area contributed by atoms with Crippen LogP contribution in [0.25, 0.3) is 0 Å². The molecule has 45 heavy (non-hydrogen) atoms. The second-order valence-electron chi connectivity index (χ2n) is 12.6. The van der Waals surface area contributed by atoms with Crippen molar-refractivity contribution in [1.82, 2.24) is 15.0 Å². The summed E-state index contributed by atoms with van der Waals surface area (Å²) in [7, 11) is 3.42. The Hall–Kier alpha value is -4.42. The number of aromatic hydroxyl groups is 1. The molecule has 2 fully saturated rings. The zero-order valence-electron chi connectivity index (χ0n) is 24.8. The molecule has 1 aromatic heterocycles. The molecule has 2 N–H and O–H groups in total. The third kappa shape index (κ3) is 4.26. The van der Waals surface area contributed by atoms with Gasteiger partial charge < -0.3 is 24.4 Å². The molecule has 3 aliphatic carbocycles. The van der Waals surface area contributed by atoms with Crippen molar-refractivity contribution in [1.29, 1.82) is 0 Å². The molecule has 12 heteroatoms. The minimum absolute atomic E-state index is 0.0236. The second-order valence-corrected chi connectivity index (χ2v) is 12.6. The number of hydrogen-bond acceptors (Lipinski definition) is 10. The number of ketones is 3. The van der Waals surface area contributed by atoms with Crippen molar-refractivity contribution in [3.05, 3.63) is 75.8 Å². The number of fused-ring (bicyclic) bond motifs is 4. The molecule has 1 saturated carbocycles. The molecule has 1 amide bonds. The number of nitrogens with zero attached hydrogens (tertiary/aromatic N) is 3. The summed E-state index contributed by atoms with van der Waals surface area (Å²) in [6.45, 7) is 0.846. The van der Waals surface area contributed by atoms with Crippen molar-refractivity contribution in [2.75, 3.05) is 27.2 Å². The van der Waals surface area contributed by atoms with Gasteiger partial charge in [0, 0.05) is 19.0 Å². The highest BCUT2D eigenvalue weighted by Crippen LogP contribution is 2.55. The number of rotatable bonds is 5. The fraction of sp³-hybridized carbons (Fsp3) is 0.424. The van der Waals surface area contributed by atoms with E-state index in [2.05, 4.69) is 5.16 Å². The van der Waals surface area contributed by atoms with Crippen LogP contribution in [0.2, 0.25) is 0 Å². The lowest BCUT2D eigenvalue weighted by Gasteiger charge is -2.50. The minimum atomic E-state index is -2.63. The van der Waals surface area contributed by atoms with Crippen molar-refractivity contribution < 1.29 is 43.0 Å². The van der Waals surface area contributed by atoms with E-state index in [0.29, 0.717) is 13.1 Å². The van der Waals surface area contributed by atoms with Gasteiger partial charge in [0.05, 0.1) is 17.5 Å². The van der Waals surface area contributed by atoms with Crippen LogP contribution >= 0.6 is 0 Å². The summed E-state index contributed by atoms with van der Waals surface area (Å²) >= 11 is 0. The Balaban J connectivity index is 1.27. The molecule has 0 spiro atoms. The summed E-state index contributed by atoms with van der Waals surface area (Å²) in [5.74, 6) is -8.55. The van der Waals surface area contributed by atoms with E-state index in [1.165, 1.54) is 4.90 Å². The highest BCUT2D eigenvalue weighted by Gasteiger charge is 2.67.